The van der Waals surface area contributed by atoms with Crippen LogP contribution in [0.1, 0.15) is 13.3 Å². The molecule has 0 saturated carbocycles. The van der Waals surface area contributed by atoms with Gasteiger partial charge in [-0.2, -0.15) is 0 Å². The number of hydrogen-bond acceptors (Lipinski definition) is 5. The fourth-order valence-electron chi connectivity index (χ4n) is 3.20. The molecule has 0 aromatic heterocycles. The van der Waals surface area contributed by atoms with Gasteiger partial charge in [-0.15, -0.1) is 0 Å². The Hall–Kier alpha value is -2.28. The van der Waals surface area contributed by atoms with E-state index in [0.29, 0.717) is 36.1 Å². The molecule has 3 rings (SSSR count). The summed E-state index contributed by atoms with van der Waals surface area (Å²) in [4.78, 5) is 26.8. The van der Waals surface area contributed by atoms with Crippen molar-refractivity contribution in [3.05, 3.63) is 18.2 Å². The van der Waals surface area contributed by atoms with Gasteiger partial charge in [-0.3, -0.25) is 9.59 Å². The van der Waals surface area contributed by atoms with Crippen molar-refractivity contribution in [2.75, 3.05) is 38.8 Å². The number of nitrogens with one attached hydrogen (secondary N) is 2. The van der Waals surface area contributed by atoms with Gasteiger partial charge in [-0.25, -0.2) is 0 Å². The van der Waals surface area contributed by atoms with E-state index in [1.54, 1.807) is 37.3 Å². The molecule has 7 heteroatoms. The molecule has 25 heavy (non-hydrogen) atoms. The van der Waals surface area contributed by atoms with Crippen LogP contribution < -0.4 is 25.0 Å². The summed E-state index contributed by atoms with van der Waals surface area (Å²) >= 11 is 0. The molecule has 7 nitrogen and oxygen atoms in total. The van der Waals surface area contributed by atoms with E-state index < -0.39 is 6.04 Å². The van der Waals surface area contributed by atoms with Crippen molar-refractivity contribution in [1.82, 2.24) is 10.6 Å². The van der Waals surface area contributed by atoms with Crippen LogP contribution in [0.15, 0.2) is 18.2 Å². The van der Waals surface area contributed by atoms with Crippen LogP contribution in [-0.2, 0) is 9.59 Å². The maximum atomic E-state index is 12.7. The summed E-state index contributed by atoms with van der Waals surface area (Å²) < 4.78 is 10.5. The van der Waals surface area contributed by atoms with Crippen LogP contribution in [0, 0.1) is 11.8 Å². The second-order valence-electron chi connectivity index (χ2n) is 6.62. The second kappa shape index (κ2) is 7.31. The van der Waals surface area contributed by atoms with Gasteiger partial charge in [0, 0.05) is 30.7 Å². The van der Waals surface area contributed by atoms with Crippen LogP contribution in [0.25, 0.3) is 0 Å². The van der Waals surface area contributed by atoms with Gasteiger partial charge >= 0.3 is 0 Å². The number of carbonyl (C=O) groups excluding carboxylic acids is 2. The highest BCUT2D eigenvalue weighted by Crippen LogP contribution is 2.31. The van der Waals surface area contributed by atoms with E-state index >= 15 is 0 Å². The Kier molecular flexibility index (Phi) is 5.13. The summed E-state index contributed by atoms with van der Waals surface area (Å²) in [5.41, 5.74) is 0.717. The third-order valence-corrected chi connectivity index (χ3v) is 5.10. The first-order valence-electron chi connectivity index (χ1n) is 8.59. The van der Waals surface area contributed by atoms with Crippen LogP contribution in [0.2, 0.25) is 0 Å². The highest BCUT2D eigenvalue weighted by Gasteiger charge is 2.36. The van der Waals surface area contributed by atoms with E-state index in [1.807, 2.05) is 6.92 Å². The molecular weight excluding hydrogens is 322 g/mol. The predicted octanol–water partition coefficient (Wildman–Crippen LogP) is 0.781. The number of nitrogens with zero attached hydrogens (tertiary/aromatic N) is 1. The minimum atomic E-state index is -0.472. The molecule has 2 amide bonds. The predicted molar refractivity (Wildman–Crippen MR) is 94.0 cm³/mol. The van der Waals surface area contributed by atoms with Crippen molar-refractivity contribution in [3.63, 3.8) is 0 Å². The van der Waals surface area contributed by atoms with Gasteiger partial charge in [0.25, 0.3) is 0 Å². The van der Waals surface area contributed by atoms with Crippen molar-refractivity contribution >= 4 is 17.5 Å². The minimum Gasteiger partial charge on any atom is -0.497 e. The first kappa shape index (κ1) is 17.5. The Morgan fingerprint density at radius 2 is 1.88 bits per heavy atom. The number of ether oxygens (including phenoxy) is 2. The first-order valence-corrected chi connectivity index (χ1v) is 8.59. The van der Waals surface area contributed by atoms with Crippen LogP contribution in [-0.4, -0.2) is 51.7 Å². The molecular formula is C18H25N3O4. The Morgan fingerprint density at radius 1 is 1.24 bits per heavy atom. The first-order chi connectivity index (χ1) is 12.0. The maximum absolute atomic E-state index is 12.7. The lowest BCUT2D eigenvalue weighted by molar-refractivity contribution is -0.130. The van der Waals surface area contributed by atoms with Crippen LogP contribution in [0.4, 0.5) is 5.69 Å². The standard InChI is InChI=1S/C18H25N3O4/c1-11(12-9-19-10-12)17(22)20-16-4-5-21(18(16)23)13-6-14(24-2)8-15(7-13)25-3/h6-8,11-12,16,19H,4-5,9-10H2,1-3H3,(H,20,22). The molecule has 1 aromatic carbocycles. The van der Waals surface area contributed by atoms with Gasteiger partial charge in [0.15, 0.2) is 0 Å². The number of rotatable bonds is 6. The molecule has 2 saturated heterocycles. The molecule has 0 radical (unpaired) electrons. The van der Waals surface area contributed by atoms with Crippen molar-refractivity contribution in [2.24, 2.45) is 11.8 Å². The van der Waals surface area contributed by atoms with Crippen molar-refractivity contribution in [1.29, 1.82) is 0 Å². The van der Waals surface area contributed by atoms with E-state index in [4.69, 9.17) is 9.47 Å². The average molecular weight is 347 g/mol. The highest BCUT2D eigenvalue weighted by molar-refractivity contribution is 6.01. The fraction of sp³-hybridized carbons (Fsp3) is 0.556. The topological polar surface area (TPSA) is 79.9 Å². The Labute approximate surface area is 147 Å². The molecule has 2 N–H and O–H groups in total. The zero-order valence-corrected chi connectivity index (χ0v) is 14.9. The molecule has 2 aliphatic rings. The SMILES string of the molecule is COc1cc(OC)cc(N2CCC(NC(=O)C(C)C3CNC3)C2=O)c1. The lowest BCUT2D eigenvalue weighted by atomic mass is 9.88. The van der Waals surface area contributed by atoms with Crippen molar-refractivity contribution < 1.29 is 19.1 Å². The number of anilines is 1. The third-order valence-electron chi connectivity index (χ3n) is 5.10. The molecule has 2 atom stereocenters. The molecule has 0 spiro atoms. The Balaban J connectivity index is 1.68. The minimum absolute atomic E-state index is 0.0464. The van der Waals surface area contributed by atoms with Crippen LogP contribution >= 0.6 is 0 Å². The molecule has 136 valence electrons. The van der Waals surface area contributed by atoms with Gasteiger partial charge < -0.3 is 25.0 Å². The summed E-state index contributed by atoms with van der Waals surface area (Å²) in [6, 6.07) is 4.89. The summed E-state index contributed by atoms with van der Waals surface area (Å²) in [5, 5.41) is 6.08. The van der Waals surface area contributed by atoms with E-state index in [9.17, 15) is 9.59 Å². The highest BCUT2D eigenvalue weighted by atomic mass is 16.5. The maximum Gasteiger partial charge on any atom is 0.249 e. The van der Waals surface area contributed by atoms with Crippen LogP contribution in [0.5, 0.6) is 11.5 Å². The summed E-state index contributed by atoms with van der Waals surface area (Å²) in [6.45, 7) is 4.20. The smallest absolute Gasteiger partial charge is 0.249 e. The van der Waals surface area contributed by atoms with Gasteiger partial charge in [-0.1, -0.05) is 6.92 Å². The molecule has 1 aromatic rings. The second-order valence-corrected chi connectivity index (χ2v) is 6.62. The van der Waals surface area contributed by atoms with E-state index in [2.05, 4.69) is 10.6 Å². The van der Waals surface area contributed by atoms with Gasteiger partial charge in [0.2, 0.25) is 11.8 Å². The quantitative estimate of drug-likeness (QED) is 0.795. The average Bonchev–Trinajstić information content (AvgIpc) is 2.93. The lowest BCUT2D eigenvalue weighted by Gasteiger charge is -2.32. The molecule has 2 unspecified atom stereocenters. The van der Waals surface area contributed by atoms with Gasteiger partial charge in [-0.05, 0) is 25.4 Å². The van der Waals surface area contributed by atoms with E-state index in [-0.39, 0.29) is 17.7 Å². The lowest BCUT2D eigenvalue weighted by Crippen LogP contribution is -2.52. The largest absolute Gasteiger partial charge is 0.497 e. The fourth-order valence-corrected chi connectivity index (χ4v) is 3.20. The third kappa shape index (κ3) is 3.56. The van der Waals surface area contributed by atoms with E-state index in [0.717, 1.165) is 13.1 Å². The summed E-state index contributed by atoms with van der Waals surface area (Å²) in [5.74, 6) is 1.38. The molecule has 0 aliphatic carbocycles. The number of methoxy groups -OCH3 is 2. The number of amides is 2. The zero-order valence-electron chi connectivity index (χ0n) is 14.9. The summed E-state index contributed by atoms with van der Waals surface area (Å²) in [6.07, 6.45) is 0.597. The normalized spacial score (nSPS) is 21.6. The zero-order chi connectivity index (χ0) is 18.0. The van der Waals surface area contributed by atoms with Crippen LogP contribution in [0.3, 0.4) is 0 Å². The van der Waals surface area contributed by atoms with Gasteiger partial charge in [0.05, 0.1) is 19.9 Å². The molecule has 0 bridgehead atoms. The molecule has 2 fully saturated rings. The number of hydrogen-bond donors (Lipinski definition) is 2. The van der Waals surface area contributed by atoms with Crippen molar-refractivity contribution in [2.45, 2.75) is 19.4 Å². The summed E-state index contributed by atoms with van der Waals surface area (Å²) in [7, 11) is 3.15. The monoisotopic (exact) mass is 347 g/mol. The molecule has 2 aliphatic heterocycles. The Bertz CT molecular complexity index is 637. The molecule has 2 heterocycles. The Morgan fingerprint density at radius 3 is 2.40 bits per heavy atom. The number of carbonyl (C=O) groups is 2. The number of benzene rings is 1. The van der Waals surface area contributed by atoms with Crippen molar-refractivity contribution in [3.8, 4) is 11.5 Å². The van der Waals surface area contributed by atoms with E-state index in [1.165, 1.54) is 0 Å². The van der Waals surface area contributed by atoms with Gasteiger partial charge in [0.1, 0.15) is 17.5 Å².